The van der Waals surface area contributed by atoms with Gasteiger partial charge in [-0.3, -0.25) is 4.98 Å². The number of nitrogens with zero attached hydrogens (tertiary/aromatic N) is 1. The zero-order chi connectivity index (χ0) is 13.2. The number of hydrogen-bond donors (Lipinski definition) is 1. The minimum atomic E-state index is -0.154. The van der Waals surface area contributed by atoms with Crippen LogP contribution in [0.5, 0.6) is 0 Å². The standard InChI is InChI=1S/C16H16N2S/c1-2-11-6-4-9-18-15(11)14(17)13-7-3-5-12-8-10-19-16(12)13/h3-10,14H,2,17H2,1H3. The maximum atomic E-state index is 6.46. The first kappa shape index (κ1) is 12.3. The van der Waals surface area contributed by atoms with E-state index in [0.717, 1.165) is 12.1 Å². The Morgan fingerprint density at radius 1 is 1.21 bits per heavy atom. The topological polar surface area (TPSA) is 38.9 Å². The van der Waals surface area contributed by atoms with E-state index in [0.29, 0.717) is 0 Å². The fraction of sp³-hybridized carbons (Fsp3) is 0.188. The maximum absolute atomic E-state index is 6.46. The van der Waals surface area contributed by atoms with Crippen LogP contribution in [-0.4, -0.2) is 4.98 Å². The Hall–Kier alpha value is -1.71. The van der Waals surface area contributed by atoms with Gasteiger partial charge < -0.3 is 5.73 Å². The fourth-order valence-corrected chi connectivity index (χ4v) is 3.39. The van der Waals surface area contributed by atoms with Gasteiger partial charge in [0.15, 0.2) is 0 Å². The van der Waals surface area contributed by atoms with Crippen molar-refractivity contribution >= 4 is 21.4 Å². The van der Waals surface area contributed by atoms with Gasteiger partial charge in [0.2, 0.25) is 0 Å². The maximum Gasteiger partial charge on any atom is 0.0743 e. The van der Waals surface area contributed by atoms with Crippen LogP contribution in [0, 0.1) is 0 Å². The van der Waals surface area contributed by atoms with E-state index in [1.165, 1.54) is 21.2 Å². The molecule has 3 rings (SSSR count). The van der Waals surface area contributed by atoms with Crippen LogP contribution in [0.15, 0.2) is 48.0 Å². The van der Waals surface area contributed by atoms with Crippen LogP contribution < -0.4 is 5.73 Å². The molecule has 0 spiro atoms. The third-order valence-corrected chi connectivity index (χ3v) is 4.43. The number of aryl methyl sites for hydroxylation is 1. The van der Waals surface area contributed by atoms with E-state index >= 15 is 0 Å². The van der Waals surface area contributed by atoms with Crippen LogP contribution in [0.25, 0.3) is 10.1 Å². The Labute approximate surface area is 116 Å². The lowest BCUT2D eigenvalue weighted by molar-refractivity contribution is 0.813. The van der Waals surface area contributed by atoms with Gasteiger partial charge in [0.25, 0.3) is 0 Å². The molecule has 0 saturated carbocycles. The molecule has 0 bridgehead atoms. The van der Waals surface area contributed by atoms with Crippen molar-refractivity contribution in [1.82, 2.24) is 4.98 Å². The summed E-state index contributed by atoms with van der Waals surface area (Å²) in [7, 11) is 0. The lowest BCUT2D eigenvalue weighted by Gasteiger charge is -2.15. The summed E-state index contributed by atoms with van der Waals surface area (Å²) < 4.78 is 1.27. The third kappa shape index (κ3) is 2.15. The molecule has 0 saturated heterocycles. The molecule has 2 N–H and O–H groups in total. The van der Waals surface area contributed by atoms with Gasteiger partial charge in [-0.1, -0.05) is 31.2 Å². The Morgan fingerprint density at radius 2 is 2.11 bits per heavy atom. The van der Waals surface area contributed by atoms with E-state index < -0.39 is 0 Å². The molecule has 0 aliphatic heterocycles. The van der Waals surface area contributed by atoms with Crippen molar-refractivity contribution in [3.63, 3.8) is 0 Å². The van der Waals surface area contributed by atoms with E-state index in [-0.39, 0.29) is 6.04 Å². The first-order chi connectivity index (χ1) is 9.31. The Balaban J connectivity index is 2.13. The predicted molar refractivity (Wildman–Crippen MR) is 81.5 cm³/mol. The molecule has 96 valence electrons. The number of rotatable bonds is 3. The normalized spacial score (nSPS) is 12.7. The van der Waals surface area contributed by atoms with E-state index in [9.17, 15) is 0 Å². The highest BCUT2D eigenvalue weighted by atomic mass is 32.1. The van der Waals surface area contributed by atoms with Crippen molar-refractivity contribution in [3.05, 3.63) is 64.8 Å². The lowest BCUT2D eigenvalue weighted by atomic mass is 9.98. The van der Waals surface area contributed by atoms with Gasteiger partial charge in [0.1, 0.15) is 0 Å². The highest BCUT2D eigenvalue weighted by molar-refractivity contribution is 7.17. The number of fused-ring (bicyclic) bond motifs is 1. The minimum Gasteiger partial charge on any atom is -0.319 e. The van der Waals surface area contributed by atoms with Crippen LogP contribution in [-0.2, 0) is 6.42 Å². The van der Waals surface area contributed by atoms with Crippen molar-refractivity contribution in [2.45, 2.75) is 19.4 Å². The van der Waals surface area contributed by atoms with Gasteiger partial charge in [-0.25, -0.2) is 0 Å². The molecule has 0 radical (unpaired) electrons. The quantitative estimate of drug-likeness (QED) is 0.782. The Kier molecular flexibility index (Phi) is 3.32. The summed E-state index contributed by atoms with van der Waals surface area (Å²) in [6.07, 6.45) is 2.78. The summed E-state index contributed by atoms with van der Waals surface area (Å²) >= 11 is 1.74. The number of aromatic nitrogens is 1. The first-order valence-electron chi connectivity index (χ1n) is 6.46. The second-order valence-electron chi connectivity index (χ2n) is 4.57. The molecule has 0 amide bonds. The van der Waals surface area contributed by atoms with Crippen LogP contribution in [0.3, 0.4) is 0 Å². The summed E-state index contributed by atoms with van der Waals surface area (Å²) in [4.78, 5) is 4.50. The molecule has 2 aromatic heterocycles. The highest BCUT2D eigenvalue weighted by Gasteiger charge is 2.16. The van der Waals surface area contributed by atoms with Crippen LogP contribution in [0.2, 0.25) is 0 Å². The van der Waals surface area contributed by atoms with E-state index in [1.807, 2.05) is 12.3 Å². The second-order valence-corrected chi connectivity index (χ2v) is 5.48. The molecule has 3 aromatic rings. The van der Waals surface area contributed by atoms with Crippen molar-refractivity contribution in [1.29, 1.82) is 0 Å². The molecule has 0 aliphatic rings. The molecule has 19 heavy (non-hydrogen) atoms. The molecule has 1 atom stereocenters. The summed E-state index contributed by atoms with van der Waals surface area (Å²) in [5.41, 5.74) is 9.85. The van der Waals surface area contributed by atoms with Crippen LogP contribution >= 0.6 is 11.3 Å². The SMILES string of the molecule is CCc1cccnc1C(N)c1cccc2ccsc12. The van der Waals surface area contributed by atoms with Gasteiger partial charge >= 0.3 is 0 Å². The molecule has 3 heteroatoms. The van der Waals surface area contributed by atoms with Crippen molar-refractivity contribution in [3.8, 4) is 0 Å². The fourth-order valence-electron chi connectivity index (χ4n) is 2.44. The number of pyridine rings is 1. The summed E-state index contributed by atoms with van der Waals surface area (Å²) in [6, 6.07) is 12.4. The molecule has 2 nitrogen and oxygen atoms in total. The lowest BCUT2D eigenvalue weighted by Crippen LogP contribution is -2.15. The minimum absolute atomic E-state index is 0.154. The Bertz CT molecular complexity index is 703. The van der Waals surface area contributed by atoms with Crippen molar-refractivity contribution in [2.24, 2.45) is 5.73 Å². The molecule has 0 aliphatic carbocycles. The van der Waals surface area contributed by atoms with Gasteiger partial charge in [0, 0.05) is 10.9 Å². The monoisotopic (exact) mass is 268 g/mol. The number of benzene rings is 1. The summed E-state index contributed by atoms with van der Waals surface area (Å²) in [6.45, 7) is 2.14. The average Bonchev–Trinajstić information content (AvgIpc) is 2.94. The third-order valence-electron chi connectivity index (χ3n) is 3.45. The smallest absolute Gasteiger partial charge is 0.0743 e. The first-order valence-corrected chi connectivity index (χ1v) is 7.34. The van der Waals surface area contributed by atoms with Gasteiger partial charge in [-0.2, -0.15) is 0 Å². The summed E-state index contributed by atoms with van der Waals surface area (Å²) in [5.74, 6) is 0. The van der Waals surface area contributed by atoms with Gasteiger partial charge in [0.05, 0.1) is 11.7 Å². The van der Waals surface area contributed by atoms with Gasteiger partial charge in [-0.05, 0) is 40.4 Å². The second kappa shape index (κ2) is 5.11. The largest absolute Gasteiger partial charge is 0.319 e. The molecular formula is C16H16N2S. The number of thiophene rings is 1. The van der Waals surface area contributed by atoms with Gasteiger partial charge in [-0.15, -0.1) is 11.3 Å². The van der Waals surface area contributed by atoms with Crippen LogP contribution in [0.4, 0.5) is 0 Å². The highest BCUT2D eigenvalue weighted by Crippen LogP contribution is 2.31. The predicted octanol–water partition coefficient (Wildman–Crippen LogP) is 3.91. The average molecular weight is 268 g/mol. The van der Waals surface area contributed by atoms with E-state index in [1.54, 1.807) is 11.3 Å². The van der Waals surface area contributed by atoms with E-state index in [4.69, 9.17) is 5.73 Å². The molecule has 1 unspecified atom stereocenters. The molecule has 1 aromatic carbocycles. The zero-order valence-electron chi connectivity index (χ0n) is 10.8. The zero-order valence-corrected chi connectivity index (χ0v) is 11.7. The summed E-state index contributed by atoms with van der Waals surface area (Å²) in [5, 5.41) is 3.37. The number of hydrogen-bond acceptors (Lipinski definition) is 3. The van der Waals surface area contributed by atoms with E-state index in [2.05, 4.69) is 47.6 Å². The van der Waals surface area contributed by atoms with Crippen molar-refractivity contribution in [2.75, 3.05) is 0 Å². The molecular weight excluding hydrogens is 252 g/mol. The Morgan fingerprint density at radius 3 is 2.95 bits per heavy atom. The molecule has 0 fully saturated rings. The number of nitrogens with two attached hydrogens (primary N) is 1. The van der Waals surface area contributed by atoms with Crippen LogP contribution in [0.1, 0.15) is 29.8 Å². The molecule has 2 heterocycles. The van der Waals surface area contributed by atoms with Crippen molar-refractivity contribution < 1.29 is 0 Å².